The van der Waals surface area contributed by atoms with Gasteiger partial charge in [-0.2, -0.15) is 0 Å². The summed E-state index contributed by atoms with van der Waals surface area (Å²) in [5.74, 6) is 1.07. The molecule has 2 aromatic rings. The van der Waals surface area contributed by atoms with Gasteiger partial charge in [0.05, 0.1) is 17.3 Å². The van der Waals surface area contributed by atoms with Gasteiger partial charge in [-0.3, -0.25) is 4.79 Å². The van der Waals surface area contributed by atoms with Gasteiger partial charge >= 0.3 is 0 Å². The largest absolute Gasteiger partial charge is 0.485 e. The number of aldehydes is 1. The van der Waals surface area contributed by atoms with Crippen molar-refractivity contribution in [1.29, 1.82) is 0 Å². The van der Waals surface area contributed by atoms with Crippen molar-refractivity contribution in [2.24, 2.45) is 0 Å². The van der Waals surface area contributed by atoms with E-state index < -0.39 is 0 Å². The van der Waals surface area contributed by atoms with Gasteiger partial charge < -0.3 is 19.7 Å². The molecular weight excluding hydrogens is 316 g/mol. The molecule has 2 heterocycles. The summed E-state index contributed by atoms with van der Waals surface area (Å²) in [5, 5.41) is 3.64. The third kappa shape index (κ3) is 1.86. The zero-order valence-electron chi connectivity index (χ0n) is 9.68. The maximum Gasteiger partial charge on any atom is 0.230 e. The van der Waals surface area contributed by atoms with Crippen LogP contribution < -0.4 is 15.2 Å². The topological polar surface area (TPSA) is 87.6 Å². The highest BCUT2D eigenvalue weighted by Crippen LogP contribution is 2.46. The van der Waals surface area contributed by atoms with Crippen LogP contribution in [0, 0.1) is 0 Å². The zero-order valence-corrected chi connectivity index (χ0v) is 11.3. The van der Waals surface area contributed by atoms with Crippen molar-refractivity contribution >= 4 is 28.1 Å². The number of nitrogens with zero attached hydrogens (tertiary/aromatic N) is 1. The third-order valence-corrected chi connectivity index (χ3v) is 3.46. The summed E-state index contributed by atoms with van der Waals surface area (Å²) in [7, 11) is 0. The van der Waals surface area contributed by atoms with Crippen LogP contribution in [0.3, 0.4) is 0 Å². The van der Waals surface area contributed by atoms with E-state index in [2.05, 4.69) is 21.1 Å². The number of anilines is 1. The second kappa shape index (κ2) is 4.58. The average molecular weight is 325 g/mol. The molecule has 1 aliphatic rings. The van der Waals surface area contributed by atoms with Gasteiger partial charge in [0, 0.05) is 10.0 Å². The lowest BCUT2D eigenvalue weighted by Crippen LogP contribution is -2.17. The first kappa shape index (κ1) is 12.0. The van der Waals surface area contributed by atoms with Gasteiger partial charge in [-0.15, -0.1) is 0 Å². The number of hydrogen-bond acceptors (Lipinski definition) is 6. The minimum Gasteiger partial charge on any atom is -0.485 e. The number of carbonyl (C=O) groups is 1. The highest BCUT2D eigenvalue weighted by Gasteiger charge is 2.25. The smallest absolute Gasteiger partial charge is 0.230 e. The highest BCUT2D eigenvalue weighted by molar-refractivity contribution is 9.10. The van der Waals surface area contributed by atoms with Crippen molar-refractivity contribution < 1.29 is 18.8 Å². The van der Waals surface area contributed by atoms with Crippen molar-refractivity contribution in [2.45, 2.75) is 0 Å². The molecule has 2 N–H and O–H groups in total. The van der Waals surface area contributed by atoms with E-state index in [1.165, 1.54) is 6.20 Å². The fourth-order valence-corrected chi connectivity index (χ4v) is 2.46. The Morgan fingerprint density at radius 1 is 1.26 bits per heavy atom. The zero-order chi connectivity index (χ0) is 13.4. The number of rotatable bonds is 2. The van der Waals surface area contributed by atoms with E-state index in [9.17, 15) is 4.79 Å². The fourth-order valence-electron chi connectivity index (χ4n) is 1.96. The van der Waals surface area contributed by atoms with E-state index >= 15 is 0 Å². The molecule has 6 nitrogen and oxygen atoms in total. The maximum atomic E-state index is 11.1. The Morgan fingerprint density at radius 2 is 2.00 bits per heavy atom. The number of nitrogens with two attached hydrogens (primary N) is 1. The highest BCUT2D eigenvalue weighted by atomic mass is 79.9. The predicted molar refractivity (Wildman–Crippen MR) is 70.4 cm³/mol. The van der Waals surface area contributed by atoms with Gasteiger partial charge in [0.2, 0.25) is 5.88 Å². The van der Waals surface area contributed by atoms with Crippen LogP contribution in [-0.4, -0.2) is 24.7 Å². The van der Waals surface area contributed by atoms with Gasteiger partial charge in [-0.05, 0) is 22.0 Å². The first-order valence-electron chi connectivity index (χ1n) is 5.50. The number of ether oxygens (including phenoxy) is 2. The summed E-state index contributed by atoms with van der Waals surface area (Å²) in [5.41, 5.74) is 7.40. The van der Waals surface area contributed by atoms with Crippen molar-refractivity contribution in [2.75, 3.05) is 18.9 Å². The molecule has 0 amide bonds. The summed E-state index contributed by atoms with van der Waals surface area (Å²) in [6.07, 6.45) is 2.22. The molecule has 98 valence electrons. The van der Waals surface area contributed by atoms with Crippen LogP contribution in [0.1, 0.15) is 10.4 Å². The minimum atomic E-state index is 0.183. The third-order valence-electron chi connectivity index (χ3n) is 2.81. The molecule has 7 heteroatoms. The standard InChI is InChI=1S/C12H9BrN2O4/c13-9-3-6(7-4-15-19-12(7)14)10-11(8(9)5-16)18-2-1-17-10/h3-5H,1-2,14H2. The molecule has 0 radical (unpaired) electrons. The Hall–Kier alpha value is -2.02. The van der Waals surface area contributed by atoms with E-state index in [4.69, 9.17) is 19.7 Å². The molecule has 3 rings (SSSR count). The van der Waals surface area contributed by atoms with E-state index in [0.717, 1.165) is 6.29 Å². The summed E-state index contributed by atoms with van der Waals surface area (Å²) in [4.78, 5) is 11.1. The quantitative estimate of drug-likeness (QED) is 0.852. The SMILES string of the molecule is Nc1oncc1-c1cc(Br)c(C=O)c2c1OCCO2. The first-order valence-corrected chi connectivity index (χ1v) is 6.29. The molecule has 0 spiro atoms. The van der Waals surface area contributed by atoms with Crippen LogP contribution in [0.25, 0.3) is 11.1 Å². The van der Waals surface area contributed by atoms with Gasteiger partial charge in [0.15, 0.2) is 17.8 Å². The Labute approximate surface area is 116 Å². The van der Waals surface area contributed by atoms with E-state index in [1.54, 1.807) is 6.07 Å². The van der Waals surface area contributed by atoms with E-state index in [0.29, 0.717) is 45.9 Å². The molecule has 0 saturated heterocycles. The number of aromatic nitrogens is 1. The molecule has 1 aliphatic heterocycles. The van der Waals surface area contributed by atoms with Crippen LogP contribution in [0.5, 0.6) is 11.5 Å². The Morgan fingerprint density at radius 3 is 2.63 bits per heavy atom. The Kier molecular flexibility index (Phi) is 2.90. The van der Waals surface area contributed by atoms with Gasteiger partial charge in [0.1, 0.15) is 13.2 Å². The molecule has 0 atom stereocenters. The lowest BCUT2D eigenvalue weighted by Gasteiger charge is -2.22. The molecule has 19 heavy (non-hydrogen) atoms. The molecule has 0 bridgehead atoms. The maximum absolute atomic E-state index is 11.1. The molecule has 0 fully saturated rings. The Balaban J connectivity index is 2.29. The number of fused-ring (bicyclic) bond motifs is 1. The lowest BCUT2D eigenvalue weighted by atomic mass is 10.0. The second-order valence-electron chi connectivity index (χ2n) is 3.90. The molecule has 0 saturated carbocycles. The number of carbonyl (C=O) groups excluding carboxylic acids is 1. The van der Waals surface area contributed by atoms with Crippen LogP contribution >= 0.6 is 15.9 Å². The van der Waals surface area contributed by atoms with Gasteiger partial charge in [0.25, 0.3) is 0 Å². The van der Waals surface area contributed by atoms with Crippen molar-refractivity contribution in [3.63, 3.8) is 0 Å². The minimum absolute atomic E-state index is 0.183. The normalized spacial score (nSPS) is 13.3. The predicted octanol–water partition coefficient (Wildman–Crippen LogP) is 2.27. The molecular formula is C12H9BrN2O4. The lowest BCUT2D eigenvalue weighted by molar-refractivity contribution is 0.111. The van der Waals surface area contributed by atoms with Crippen LogP contribution in [0.2, 0.25) is 0 Å². The van der Waals surface area contributed by atoms with Crippen molar-refractivity contribution in [3.8, 4) is 22.6 Å². The number of nitrogen functional groups attached to an aromatic ring is 1. The molecule has 0 aliphatic carbocycles. The number of halogens is 1. The number of hydrogen-bond donors (Lipinski definition) is 1. The van der Waals surface area contributed by atoms with Crippen molar-refractivity contribution in [1.82, 2.24) is 5.16 Å². The summed E-state index contributed by atoms with van der Waals surface area (Å²) in [6.45, 7) is 0.800. The summed E-state index contributed by atoms with van der Waals surface area (Å²) in [6, 6.07) is 1.74. The van der Waals surface area contributed by atoms with E-state index in [1.807, 2.05) is 0 Å². The summed E-state index contributed by atoms with van der Waals surface area (Å²) >= 11 is 3.34. The monoisotopic (exact) mass is 324 g/mol. The van der Waals surface area contributed by atoms with Gasteiger partial charge in [-0.1, -0.05) is 5.16 Å². The first-order chi connectivity index (χ1) is 9.22. The second-order valence-corrected chi connectivity index (χ2v) is 4.75. The summed E-state index contributed by atoms with van der Waals surface area (Å²) < 4.78 is 16.6. The fraction of sp³-hybridized carbons (Fsp3) is 0.167. The molecule has 1 aromatic carbocycles. The average Bonchev–Trinajstić information content (AvgIpc) is 2.84. The van der Waals surface area contributed by atoms with Crippen LogP contribution in [0.15, 0.2) is 21.3 Å². The molecule has 1 aromatic heterocycles. The van der Waals surface area contributed by atoms with Crippen LogP contribution in [0.4, 0.5) is 5.88 Å². The Bertz CT molecular complexity index is 653. The molecule has 0 unspecified atom stereocenters. The van der Waals surface area contributed by atoms with E-state index in [-0.39, 0.29) is 5.88 Å². The van der Waals surface area contributed by atoms with Crippen molar-refractivity contribution in [3.05, 3.63) is 22.3 Å². The van der Waals surface area contributed by atoms with Gasteiger partial charge in [-0.25, -0.2) is 0 Å². The number of benzene rings is 1. The van der Waals surface area contributed by atoms with Crippen LogP contribution in [-0.2, 0) is 0 Å².